The Morgan fingerprint density at radius 1 is 1.00 bits per heavy atom. The summed E-state index contributed by atoms with van der Waals surface area (Å²) < 4.78 is 2.47. The number of hydrogen-bond acceptors (Lipinski definition) is 3. The van der Waals surface area contributed by atoms with Gasteiger partial charge in [0, 0.05) is 23.1 Å². The van der Waals surface area contributed by atoms with Crippen LogP contribution < -0.4 is 0 Å². The maximum atomic E-state index is 4.85. The maximum absolute atomic E-state index is 4.85. The first kappa shape index (κ1) is 14.4. The first-order valence-electron chi connectivity index (χ1n) is 8.77. The summed E-state index contributed by atoms with van der Waals surface area (Å²) >= 11 is 1.76. The molecule has 3 nitrogen and oxygen atoms in total. The maximum Gasteiger partial charge on any atom is 0.0963 e. The first-order chi connectivity index (χ1) is 11.9. The van der Waals surface area contributed by atoms with E-state index >= 15 is 0 Å². The lowest BCUT2D eigenvalue weighted by molar-refractivity contribution is 0.0577. The minimum atomic E-state index is 0.562. The first-order valence-corrected chi connectivity index (χ1v) is 9.71. The van der Waals surface area contributed by atoms with Gasteiger partial charge >= 0.3 is 0 Å². The lowest BCUT2D eigenvalue weighted by Gasteiger charge is -2.45. The molecule has 0 aliphatic carbocycles. The fourth-order valence-corrected chi connectivity index (χ4v) is 4.99. The number of hydrogen-bond donors (Lipinski definition) is 0. The smallest absolute Gasteiger partial charge is 0.0963 e. The topological polar surface area (TPSA) is 21.1 Å². The van der Waals surface area contributed by atoms with Crippen molar-refractivity contribution in [3.05, 3.63) is 53.5 Å². The summed E-state index contributed by atoms with van der Waals surface area (Å²) in [6.07, 6.45) is 4.74. The Morgan fingerprint density at radius 2 is 1.83 bits per heavy atom. The van der Waals surface area contributed by atoms with E-state index in [-0.39, 0.29) is 0 Å². The lowest BCUT2D eigenvalue weighted by Crippen LogP contribution is -2.48. The Balaban J connectivity index is 1.65. The van der Waals surface area contributed by atoms with Gasteiger partial charge in [-0.25, -0.2) is 4.98 Å². The molecule has 3 aliphatic heterocycles. The second-order valence-corrected chi connectivity index (χ2v) is 7.71. The monoisotopic (exact) mass is 335 g/mol. The molecule has 6 rings (SSSR count). The minimum Gasteiger partial charge on any atom is -0.325 e. The van der Waals surface area contributed by atoms with Crippen molar-refractivity contribution in [3.63, 3.8) is 0 Å². The van der Waals surface area contributed by atoms with E-state index in [1.165, 1.54) is 49.3 Å². The number of nitrogens with zero attached hydrogens (tertiary/aromatic N) is 3. The molecule has 0 amide bonds. The van der Waals surface area contributed by atoms with Crippen LogP contribution in [0.3, 0.4) is 0 Å². The molecule has 0 saturated carbocycles. The molecule has 3 aliphatic rings. The largest absolute Gasteiger partial charge is 0.325 e. The molecule has 1 atom stereocenters. The Kier molecular flexibility index (Phi) is 3.53. The van der Waals surface area contributed by atoms with E-state index in [0.29, 0.717) is 6.04 Å². The summed E-state index contributed by atoms with van der Waals surface area (Å²) in [6, 6.07) is 13.4. The van der Waals surface area contributed by atoms with Gasteiger partial charge in [0.15, 0.2) is 0 Å². The molecule has 3 aromatic rings. The zero-order valence-electron chi connectivity index (χ0n) is 13.6. The van der Waals surface area contributed by atoms with E-state index < -0.39 is 0 Å². The molecule has 0 spiro atoms. The quantitative estimate of drug-likeness (QED) is 0.700. The molecule has 4 heteroatoms. The highest BCUT2D eigenvalue weighted by Crippen LogP contribution is 2.41. The van der Waals surface area contributed by atoms with Gasteiger partial charge in [-0.15, -0.1) is 0 Å². The molecular formula is C20H21N3S. The summed E-state index contributed by atoms with van der Waals surface area (Å²) in [5.74, 6) is 0.796. The summed E-state index contributed by atoms with van der Waals surface area (Å²) in [6.45, 7) is 3.72. The van der Waals surface area contributed by atoms with Gasteiger partial charge in [0.25, 0.3) is 0 Å². The van der Waals surface area contributed by atoms with Crippen LogP contribution in [0.5, 0.6) is 0 Å². The highest BCUT2D eigenvalue weighted by atomic mass is 32.1. The fraction of sp³-hybridized carbons (Fsp3) is 0.350. The predicted molar refractivity (Wildman–Crippen MR) is 99.2 cm³/mol. The van der Waals surface area contributed by atoms with Crippen molar-refractivity contribution >= 4 is 11.3 Å². The second-order valence-electron chi connectivity index (χ2n) is 6.93. The summed E-state index contributed by atoms with van der Waals surface area (Å²) in [5, 5.41) is 4.42. The van der Waals surface area contributed by atoms with Gasteiger partial charge in [-0.2, -0.15) is 11.3 Å². The zero-order valence-corrected chi connectivity index (χ0v) is 14.5. The van der Waals surface area contributed by atoms with Crippen molar-refractivity contribution in [2.45, 2.75) is 18.9 Å². The van der Waals surface area contributed by atoms with Gasteiger partial charge in [-0.05, 0) is 43.3 Å². The van der Waals surface area contributed by atoms with Crippen LogP contribution in [-0.2, 0) is 0 Å². The number of benzene rings is 1. The van der Waals surface area contributed by atoms with Crippen molar-refractivity contribution in [1.82, 2.24) is 14.5 Å². The van der Waals surface area contributed by atoms with Crippen molar-refractivity contribution in [1.29, 1.82) is 0 Å². The van der Waals surface area contributed by atoms with Crippen LogP contribution in [0.2, 0.25) is 0 Å². The Morgan fingerprint density at radius 3 is 2.50 bits per heavy atom. The van der Waals surface area contributed by atoms with Gasteiger partial charge in [0.1, 0.15) is 0 Å². The van der Waals surface area contributed by atoms with E-state index in [9.17, 15) is 0 Å². The zero-order chi connectivity index (χ0) is 15.9. The van der Waals surface area contributed by atoms with Crippen LogP contribution in [-0.4, -0.2) is 34.1 Å². The average Bonchev–Trinajstić information content (AvgIpc) is 3.32. The van der Waals surface area contributed by atoms with Crippen molar-refractivity contribution in [3.8, 4) is 22.5 Å². The third-order valence-corrected chi connectivity index (χ3v) is 6.30. The molecule has 24 heavy (non-hydrogen) atoms. The van der Waals surface area contributed by atoms with Gasteiger partial charge < -0.3 is 9.47 Å². The summed E-state index contributed by atoms with van der Waals surface area (Å²) in [4.78, 5) is 7.47. The molecule has 5 heterocycles. The van der Waals surface area contributed by atoms with E-state index in [1.54, 1.807) is 11.3 Å². The standard InChI is InChI=1S/C20H21N3S/c1-2-4-16(5-3-1)19-20(17-8-11-24-13-17)23(14-21-19)18-12-22-9-6-15(18)7-10-22/h1-5,8,11,13-15,18H,6-7,9-10,12H2/t18-/m0/s1. The van der Waals surface area contributed by atoms with Crippen molar-refractivity contribution in [2.75, 3.05) is 19.6 Å². The predicted octanol–water partition coefficient (Wildman–Crippen LogP) is 4.55. The average molecular weight is 335 g/mol. The molecule has 3 saturated heterocycles. The van der Waals surface area contributed by atoms with Crippen LogP contribution >= 0.6 is 11.3 Å². The molecule has 1 aromatic carbocycles. The van der Waals surface area contributed by atoms with Crippen molar-refractivity contribution < 1.29 is 0 Å². The van der Waals surface area contributed by atoms with Crippen LogP contribution in [0.15, 0.2) is 53.5 Å². The Hall–Kier alpha value is -1.91. The lowest BCUT2D eigenvalue weighted by atomic mass is 9.83. The third-order valence-electron chi connectivity index (χ3n) is 5.61. The molecular weight excluding hydrogens is 314 g/mol. The molecule has 0 radical (unpaired) electrons. The number of imidazole rings is 1. The molecule has 122 valence electrons. The van der Waals surface area contributed by atoms with Crippen LogP contribution in [0.4, 0.5) is 0 Å². The molecule has 2 bridgehead atoms. The van der Waals surface area contributed by atoms with E-state index in [2.05, 4.69) is 63.0 Å². The van der Waals surface area contributed by atoms with Gasteiger partial charge in [-0.1, -0.05) is 30.3 Å². The number of aromatic nitrogens is 2. The molecule has 0 N–H and O–H groups in total. The highest BCUT2D eigenvalue weighted by molar-refractivity contribution is 7.08. The fourth-order valence-electron chi connectivity index (χ4n) is 4.35. The van der Waals surface area contributed by atoms with Gasteiger partial charge in [0.05, 0.1) is 23.8 Å². The van der Waals surface area contributed by atoms with Crippen LogP contribution in [0.1, 0.15) is 18.9 Å². The molecule has 0 unspecified atom stereocenters. The second kappa shape index (κ2) is 5.87. The summed E-state index contributed by atoms with van der Waals surface area (Å²) in [7, 11) is 0. The van der Waals surface area contributed by atoms with Gasteiger partial charge in [0.2, 0.25) is 0 Å². The summed E-state index contributed by atoms with van der Waals surface area (Å²) in [5.41, 5.74) is 4.91. The van der Waals surface area contributed by atoms with Crippen LogP contribution in [0, 0.1) is 5.92 Å². The normalized spacial score (nSPS) is 25.9. The number of thiophene rings is 1. The van der Waals surface area contributed by atoms with Crippen LogP contribution in [0.25, 0.3) is 22.5 Å². The third kappa shape index (κ3) is 2.33. The van der Waals surface area contributed by atoms with E-state index in [0.717, 1.165) is 11.6 Å². The minimum absolute atomic E-state index is 0.562. The number of fused-ring (bicyclic) bond motifs is 3. The van der Waals surface area contributed by atoms with Crippen molar-refractivity contribution in [2.24, 2.45) is 5.92 Å². The molecule has 2 aromatic heterocycles. The van der Waals surface area contributed by atoms with Gasteiger partial charge in [-0.3, -0.25) is 0 Å². The van der Waals surface area contributed by atoms with E-state index in [4.69, 9.17) is 4.98 Å². The Bertz CT molecular complexity index is 814. The van der Waals surface area contributed by atoms with E-state index in [1.807, 2.05) is 0 Å². The number of piperidine rings is 3. The molecule has 3 fully saturated rings. The highest BCUT2D eigenvalue weighted by Gasteiger charge is 2.36. The number of rotatable bonds is 3. The Labute approximate surface area is 146 Å². The SMILES string of the molecule is c1ccc(-c2ncn([C@H]3CN4CCC3CC4)c2-c2ccsc2)cc1.